The Kier molecular flexibility index (Phi) is 5.73. The fourth-order valence-electron chi connectivity index (χ4n) is 2.34. The van der Waals surface area contributed by atoms with Crippen molar-refractivity contribution in [3.63, 3.8) is 0 Å². The van der Waals surface area contributed by atoms with Gasteiger partial charge in [-0.1, -0.05) is 18.2 Å². The van der Waals surface area contributed by atoms with Crippen LogP contribution in [0.3, 0.4) is 0 Å². The first-order valence-electron chi connectivity index (χ1n) is 7.68. The normalized spacial score (nSPS) is 11.4. The molecule has 0 heterocycles. The highest BCUT2D eigenvalue weighted by Gasteiger charge is 2.21. The summed E-state index contributed by atoms with van der Waals surface area (Å²) in [6.07, 6.45) is 0. The maximum atomic E-state index is 12.4. The van der Waals surface area contributed by atoms with Gasteiger partial charge in [-0.3, -0.25) is 14.9 Å². The Morgan fingerprint density at radius 3 is 2.42 bits per heavy atom. The van der Waals surface area contributed by atoms with E-state index in [2.05, 4.69) is 5.32 Å². The molecule has 2 aromatic carbocycles. The predicted molar refractivity (Wildman–Crippen MR) is 97.7 cm³/mol. The van der Waals surface area contributed by atoms with Crippen LogP contribution in [0.15, 0.2) is 47.4 Å². The minimum Gasteiger partial charge on any atom is -0.375 e. The number of Topliss-reactive ketones (excluding diaryl/α,β-unsaturated/α-hetero) is 1. The molecule has 0 atom stereocenters. The molecule has 1 N–H and O–H groups in total. The van der Waals surface area contributed by atoms with Crippen molar-refractivity contribution in [3.05, 3.63) is 63.7 Å². The van der Waals surface area contributed by atoms with Crippen molar-refractivity contribution in [2.75, 3.05) is 19.4 Å². The first-order valence-corrected chi connectivity index (χ1v) is 9.12. The van der Waals surface area contributed by atoms with Crippen molar-refractivity contribution in [1.82, 2.24) is 4.31 Å². The molecule has 0 aromatic heterocycles. The molecule has 26 heavy (non-hydrogen) atoms. The fraction of sp³-hybridized carbons (Fsp3) is 0.235. The minimum atomic E-state index is -3.64. The van der Waals surface area contributed by atoms with Crippen molar-refractivity contribution >= 4 is 27.2 Å². The van der Waals surface area contributed by atoms with Gasteiger partial charge in [-0.05, 0) is 30.7 Å². The van der Waals surface area contributed by atoms with Crippen LogP contribution in [0.4, 0.5) is 11.4 Å². The second-order valence-corrected chi connectivity index (χ2v) is 7.91. The summed E-state index contributed by atoms with van der Waals surface area (Å²) in [6, 6.07) is 10.6. The number of nitrogens with one attached hydrogen (secondary N) is 1. The molecule has 0 unspecified atom stereocenters. The first-order chi connectivity index (χ1) is 12.1. The number of sulfonamides is 1. The molecule has 0 bridgehead atoms. The quantitative estimate of drug-likeness (QED) is 0.451. The highest BCUT2D eigenvalue weighted by Crippen LogP contribution is 2.27. The summed E-state index contributed by atoms with van der Waals surface area (Å²) in [4.78, 5) is 22.2. The molecule has 0 aliphatic heterocycles. The standard InChI is InChI=1S/C17H19N3O5S/c1-12(21)13-8-9-15(16(10-13)20(22)23)18-11-14-6-4-5-7-17(14)26(24,25)19(2)3/h4-10,18H,11H2,1-3H3. The van der Waals surface area contributed by atoms with E-state index >= 15 is 0 Å². The molecule has 2 aromatic rings. The van der Waals surface area contributed by atoms with E-state index in [1.807, 2.05) is 0 Å². The fourth-order valence-corrected chi connectivity index (χ4v) is 3.46. The summed E-state index contributed by atoms with van der Waals surface area (Å²) in [6.45, 7) is 1.40. The van der Waals surface area contributed by atoms with Crippen LogP contribution < -0.4 is 5.32 Å². The summed E-state index contributed by atoms with van der Waals surface area (Å²) in [5.74, 6) is -0.276. The molecule has 0 amide bonds. The molecular formula is C17H19N3O5S. The van der Waals surface area contributed by atoms with Crippen LogP contribution in [-0.2, 0) is 16.6 Å². The number of carbonyl (C=O) groups is 1. The zero-order valence-corrected chi connectivity index (χ0v) is 15.4. The molecule has 138 valence electrons. The number of ketones is 1. The Balaban J connectivity index is 2.36. The lowest BCUT2D eigenvalue weighted by atomic mass is 10.1. The highest BCUT2D eigenvalue weighted by atomic mass is 32.2. The molecule has 9 heteroatoms. The summed E-state index contributed by atoms with van der Waals surface area (Å²) < 4.78 is 25.9. The molecule has 0 fully saturated rings. The van der Waals surface area contributed by atoms with Gasteiger partial charge >= 0.3 is 0 Å². The van der Waals surface area contributed by atoms with Crippen LogP contribution in [0, 0.1) is 10.1 Å². The Hall–Kier alpha value is -2.78. The van der Waals surface area contributed by atoms with Gasteiger partial charge in [0.15, 0.2) is 5.78 Å². The Morgan fingerprint density at radius 1 is 1.19 bits per heavy atom. The summed E-state index contributed by atoms with van der Waals surface area (Å²) >= 11 is 0. The maximum Gasteiger partial charge on any atom is 0.293 e. The van der Waals surface area contributed by atoms with Crippen molar-refractivity contribution in [3.8, 4) is 0 Å². The molecule has 0 saturated heterocycles. The number of nitro groups is 1. The predicted octanol–water partition coefficient (Wildman–Crippen LogP) is 2.66. The summed E-state index contributed by atoms with van der Waals surface area (Å²) in [5.41, 5.74) is 0.673. The summed E-state index contributed by atoms with van der Waals surface area (Å²) in [7, 11) is -0.771. The number of anilines is 1. The third kappa shape index (κ3) is 4.06. The molecule has 8 nitrogen and oxygen atoms in total. The van der Waals surface area contributed by atoms with Crippen LogP contribution in [0.2, 0.25) is 0 Å². The number of benzene rings is 2. The molecule has 0 aliphatic rings. The molecule has 0 radical (unpaired) electrons. The van der Waals surface area contributed by atoms with E-state index in [4.69, 9.17) is 0 Å². The van der Waals surface area contributed by atoms with Gasteiger partial charge in [0, 0.05) is 32.3 Å². The molecular weight excluding hydrogens is 358 g/mol. The van der Waals surface area contributed by atoms with Crippen LogP contribution in [0.25, 0.3) is 0 Å². The van der Waals surface area contributed by atoms with Crippen molar-refractivity contribution in [2.24, 2.45) is 0 Å². The summed E-state index contributed by atoms with van der Waals surface area (Å²) in [5, 5.41) is 14.2. The number of nitro benzene ring substituents is 1. The molecule has 2 rings (SSSR count). The number of carbonyl (C=O) groups excluding carboxylic acids is 1. The largest absolute Gasteiger partial charge is 0.375 e. The number of hydrogen-bond acceptors (Lipinski definition) is 6. The molecule has 0 aliphatic carbocycles. The van der Waals surface area contributed by atoms with E-state index < -0.39 is 14.9 Å². The van der Waals surface area contributed by atoms with E-state index in [9.17, 15) is 23.3 Å². The number of hydrogen-bond donors (Lipinski definition) is 1. The Morgan fingerprint density at radius 2 is 1.85 bits per heavy atom. The van der Waals surface area contributed by atoms with Gasteiger partial charge in [-0.25, -0.2) is 12.7 Å². The van der Waals surface area contributed by atoms with Gasteiger partial charge in [0.05, 0.1) is 9.82 Å². The highest BCUT2D eigenvalue weighted by molar-refractivity contribution is 7.89. The Labute approximate surface area is 151 Å². The smallest absolute Gasteiger partial charge is 0.293 e. The molecule has 0 saturated carbocycles. The molecule has 0 spiro atoms. The van der Waals surface area contributed by atoms with Gasteiger partial charge in [0.2, 0.25) is 10.0 Å². The zero-order chi connectivity index (χ0) is 19.5. The monoisotopic (exact) mass is 377 g/mol. The lowest BCUT2D eigenvalue weighted by molar-refractivity contribution is -0.384. The lowest BCUT2D eigenvalue weighted by Crippen LogP contribution is -2.23. The van der Waals surface area contributed by atoms with Crippen molar-refractivity contribution in [2.45, 2.75) is 18.4 Å². The average molecular weight is 377 g/mol. The van der Waals surface area contributed by atoms with E-state index in [-0.39, 0.29) is 34.2 Å². The van der Waals surface area contributed by atoms with Gasteiger partial charge in [0.1, 0.15) is 5.69 Å². The van der Waals surface area contributed by atoms with E-state index in [0.29, 0.717) is 5.56 Å². The van der Waals surface area contributed by atoms with Gasteiger partial charge in [-0.15, -0.1) is 0 Å². The van der Waals surface area contributed by atoms with Crippen LogP contribution in [0.5, 0.6) is 0 Å². The van der Waals surface area contributed by atoms with Crippen molar-refractivity contribution < 1.29 is 18.1 Å². The Bertz CT molecular complexity index is 955. The van der Waals surface area contributed by atoms with E-state index in [0.717, 1.165) is 4.31 Å². The van der Waals surface area contributed by atoms with Gasteiger partial charge < -0.3 is 5.32 Å². The maximum absolute atomic E-state index is 12.4. The van der Waals surface area contributed by atoms with Crippen LogP contribution in [-0.4, -0.2) is 37.5 Å². The second kappa shape index (κ2) is 7.63. The number of nitrogens with zero attached hydrogens (tertiary/aromatic N) is 2. The SMILES string of the molecule is CC(=O)c1ccc(NCc2ccccc2S(=O)(=O)N(C)C)c([N+](=O)[O-])c1. The zero-order valence-electron chi connectivity index (χ0n) is 14.6. The van der Waals surface area contributed by atoms with Crippen LogP contribution >= 0.6 is 0 Å². The second-order valence-electron chi connectivity index (χ2n) is 5.79. The van der Waals surface area contributed by atoms with Gasteiger partial charge in [0.25, 0.3) is 5.69 Å². The minimum absolute atomic E-state index is 0.0729. The third-order valence-corrected chi connectivity index (χ3v) is 5.72. The van der Waals surface area contributed by atoms with Crippen LogP contribution in [0.1, 0.15) is 22.8 Å². The average Bonchev–Trinajstić information content (AvgIpc) is 2.59. The van der Waals surface area contributed by atoms with Gasteiger partial charge in [-0.2, -0.15) is 0 Å². The number of rotatable bonds is 7. The third-order valence-electron chi connectivity index (χ3n) is 3.80. The first kappa shape index (κ1) is 19.5. The van der Waals surface area contributed by atoms with E-state index in [1.165, 1.54) is 45.3 Å². The van der Waals surface area contributed by atoms with Crippen molar-refractivity contribution in [1.29, 1.82) is 0 Å². The van der Waals surface area contributed by atoms with E-state index in [1.54, 1.807) is 18.2 Å². The topological polar surface area (TPSA) is 110 Å². The lowest BCUT2D eigenvalue weighted by Gasteiger charge is -2.16.